The van der Waals surface area contributed by atoms with E-state index in [1.165, 1.54) is 6.08 Å². The predicted molar refractivity (Wildman–Crippen MR) is 168 cm³/mol. The Hall–Kier alpha value is -4.48. The lowest BCUT2D eigenvalue weighted by atomic mass is 9.92. The quantitative estimate of drug-likeness (QED) is 0.226. The van der Waals surface area contributed by atoms with Crippen LogP contribution in [-0.2, 0) is 27.4 Å². The first-order valence-corrected chi connectivity index (χ1v) is 15.4. The zero-order valence-corrected chi connectivity index (χ0v) is 26.1. The van der Waals surface area contributed by atoms with Gasteiger partial charge in [-0.1, -0.05) is 37.1 Å². The second-order valence-corrected chi connectivity index (χ2v) is 12.0. The summed E-state index contributed by atoms with van der Waals surface area (Å²) in [5.41, 5.74) is 3.78. The molecule has 0 saturated heterocycles. The Kier molecular flexibility index (Phi) is 9.23. The number of hydrogen-bond acceptors (Lipinski definition) is 7. The highest BCUT2D eigenvalue weighted by molar-refractivity contribution is 6.31. The van der Waals surface area contributed by atoms with Crippen molar-refractivity contribution in [3.05, 3.63) is 100.0 Å². The zero-order chi connectivity index (χ0) is 32.4. The number of hydrogen-bond donors (Lipinski definition) is 1. The van der Waals surface area contributed by atoms with Crippen molar-refractivity contribution in [2.45, 2.75) is 51.7 Å². The van der Waals surface area contributed by atoms with Crippen molar-refractivity contribution >= 4 is 34.7 Å². The minimum Gasteiger partial charge on any atom is -0.422 e. The van der Waals surface area contributed by atoms with Gasteiger partial charge in [0.1, 0.15) is 12.4 Å². The third-order valence-electron chi connectivity index (χ3n) is 8.41. The lowest BCUT2D eigenvalue weighted by Gasteiger charge is -2.34. The van der Waals surface area contributed by atoms with Crippen LogP contribution in [0.3, 0.4) is 0 Å². The number of pyridine rings is 1. The Morgan fingerprint density at radius 2 is 1.91 bits per heavy atom. The molecule has 0 saturated carbocycles. The molecule has 6 rings (SSSR count). The number of nitrogens with one attached hydrogen (secondary N) is 1. The average molecular weight is 648 g/mol. The van der Waals surface area contributed by atoms with Gasteiger partial charge in [0.25, 0.3) is 0 Å². The number of ether oxygens (including phenoxy) is 1. The smallest absolute Gasteiger partial charge is 0.247 e. The zero-order valence-electron chi connectivity index (χ0n) is 25.4. The van der Waals surface area contributed by atoms with E-state index in [4.69, 9.17) is 20.8 Å². The van der Waals surface area contributed by atoms with Crippen LogP contribution in [0.2, 0.25) is 5.02 Å². The second kappa shape index (κ2) is 13.5. The molecule has 4 aromatic rings. The molecule has 2 aliphatic heterocycles. The molecule has 238 valence electrons. The van der Waals surface area contributed by atoms with Crippen LogP contribution in [-0.4, -0.2) is 45.6 Å². The summed E-state index contributed by atoms with van der Waals surface area (Å²) < 4.78 is 40.1. The van der Waals surface area contributed by atoms with Crippen LogP contribution < -0.4 is 5.32 Å². The summed E-state index contributed by atoms with van der Waals surface area (Å²) in [6.45, 7) is 2.34. The van der Waals surface area contributed by atoms with Gasteiger partial charge in [0.2, 0.25) is 23.6 Å². The Bertz CT molecular complexity index is 1830. The van der Waals surface area contributed by atoms with Crippen molar-refractivity contribution in [3.63, 3.8) is 0 Å². The van der Waals surface area contributed by atoms with Gasteiger partial charge < -0.3 is 19.4 Å². The fourth-order valence-electron chi connectivity index (χ4n) is 6.02. The molecule has 2 amide bonds. The molecule has 12 heteroatoms. The standard InChI is InChI=1S/C34H32ClF2N5O4/c1-19-4-3-5-28(42-13-11-22(17-31(42)43)32-25(36)9-8-24(35)33(32)37)27-16-21(10-12-38-27)23-7-6-20(14-26(23)39-34(19)44)15-29-40-41-30(46-29)18-45-2/h6-10,12,14,16-17,19,28H,3-5,11,13,15,18H2,1-2H3,(H,39,44)/t19-,28+/m1/s1. The van der Waals surface area contributed by atoms with Crippen LogP contribution >= 0.6 is 11.6 Å². The number of anilines is 1. The number of methoxy groups -OCH3 is 1. The molecule has 0 spiro atoms. The van der Waals surface area contributed by atoms with Gasteiger partial charge in [-0.15, -0.1) is 10.2 Å². The van der Waals surface area contributed by atoms with E-state index in [9.17, 15) is 18.4 Å². The van der Waals surface area contributed by atoms with Crippen molar-refractivity contribution in [1.82, 2.24) is 20.1 Å². The molecule has 0 aliphatic carbocycles. The van der Waals surface area contributed by atoms with Crippen molar-refractivity contribution in [2.75, 3.05) is 19.0 Å². The summed E-state index contributed by atoms with van der Waals surface area (Å²) in [6.07, 6.45) is 5.38. The molecule has 2 atom stereocenters. The molecule has 9 nitrogen and oxygen atoms in total. The number of nitrogens with zero attached hydrogens (tertiary/aromatic N) is 4. The van der Waals surface area contributed by atoms with E-state index in [1.54, 1.807) is 18.2 Å². The summed E-state index contributed by atoms with van der Waals surface area (Å²) in [5.74, 6) is -1.61. The van der Waals surface area contributed by atoms with Gasteiger partial charge in [-0.05, 0) is 66.3 Å². The van der Waals surface area contributed by atoms with Crippen molar-refractivity contribution in [2.24, 2.45) is 5.92 Å². The van der Waals surface area contributed by atoms with Crippen LogP contribution in [0.15, 0.2) is 59.2 Å². The average Bonchev–Trinajstić information content (AvgIpc) is 3.48. The molecular formula is C34H32ClF2N5O4. The van der Waals surface area contributed by atoms with Gasteiger partial charge in [-0.2, -0.15) is 0 Å². The summed E-state index contributed by atoms with van der Waals surface area (Å²) >= 11 is 5.92. The van der Waals surface area contributed by atoms with Crippen molar-refractivity contribution in [1.29, 1.82) is 0 Å². The number of aromatic nitrogens is 3. The van der Waals surface area contributed by atoms with Gasteiger partial charge in [0.05, 0.1) is 28.7 Å². The lowest BCUT2D eigenvalue weighted by Crippen LogP contribution is -2.38. The topological polar surface area (TPSA) is 110 Å². The molecule has 2 aromatic carbocycles. The third kappa shape index (κ3) is 6.56. The van der Waals surface area contributed by atoms with E-state index in [0.717, 1.165) is 28.8 Å². The summed E-state index contributed by atoms with van der Waals surface area (Å²) in [4.78, 5) is 33.2. The van der Waals surface area contributed by atoms with E-state index < -0.39 is 17.7 Å². The van der Waals surface area contributed by atoms with E-state index in [2.05, 4.69) is 20.5 Å². The Morgan fingerprint density at radius 1 is 1.09 bits per heavy atom. The summed E-state index contributed by atoms with van der Waals surface area (Å²) in [6, 6.07) is 11.4. The van der Waals surface area contributed by atoms with Crippen LogP contribution in [0.5, 0.6) is 0 Å². The van der Waals surface area contributed by atoms with E-state index >= 15 is 0 Å². The first kappa shape index (κ1) is 31.5. The highest BCUT2D eigenvalue weighted by atomic mass is 35.5. The number of carbonyl (C=O) groups is 2. The van der Waals surface area contributed by atoms with Crippen molar-refractivity contribution in [3.8, 4) is 11.1 Å². The van der Waals surface area contributed by atoms with Crippen LogP contribution in [0.1, 0.15) is 67.3 Å². The molecule has 2 aliphatic rings. The predicted octanol–water partition coefficient (Wildman–Crippen LogP) is 6.92. The summed E-state index contributed by atoms with van der Waals surface area (Å²) in [7, 11) is 1.55. The van der Waals surface area contributed by atoms with Crippen molar-refractivity contribution < 1.29 is 27.5 Å². The van der Waals surface area contributed by atoms with Gasteiger partial charge >= 0.3 is 0 Å². The van der Waals surface area contributed by atoms with E-state index in [-0.39, 0.29) is 53.5 Å². The monoisotopic (exact) mass is 647 g/mol. The number of benzene rings is 2. The Labute approximate surface area is 269 Å². The Morgan fingerprint density at radius 3 is 2.72 bits per heavy atom. The molecule has 0 unspecified atom stereocenters. The molecule has 2 bridgehead atoms. The first-order valence-electron chi connectivity index (χ1n) is 15.1. The minimum atomic E-state index is -0.878. The molecule has 0 fully saturated rings. The molecule has 2 aromatic heterocycles. The molecule has 46 heavy (non-hydrogen) atoms. The fourth-order valence-corrected chi connectivity index (χ4v) is 6.18. The summed E-state index contributed by atoms with van der Waals surface area (Å²) in [5, 5.41) is 11.0. The van der Waals surface area contributed by atoms with Gasteiger partial charge in [-0.25, -0.2) is 8.78 Å². The lowest BCUT2D eigenvalue weighted by molar-refractivity contribution is -0.129. The Balaban J connectivity index is 1.33. The number of rotatable bonds is 6. The third-order valence-corrected chi connectivity index (χ3v) is 8.71. The number of carbonyl (C=O) groups excluding carboxylic acids is 2. The molecular weight excluding hydrogens is 616 g/mol. The van der Waals surface area contributed by atoms with Gasteiger partial charge in [-0.3, -0.25) is 14.6 Å². The van der Waals surface area contributed by atoms with Crippen LogP contribution in [0.4, 0.5) is 14.5 Å². The van der Waals surface area contributed by atoms with Gasteiger partial charge in [0.15, 0.2) is 5.82 Å². The second-order valence-electron chi connectivity index (χ2n) is 11.6. The first-order chi connectivity index (χ1) is 22.2. The maximum absolute atomic E-state index is 14.8. The number of fused-ring (bicyclic) bond motifs is 4. The van der Waals surface area contributed by atoms with E-state index in [1.807, 2.05) is 37.3 Å². The van der Waals surface area contributed by atoms with E-state index in [0.29, 0.717) is 48.8 Å². The molecule has 0 radical (unpaired) electrons. The normalized spacial score (nSPS) is 18.7. The molecule has 4 heterocycles. The number of halogens is 3. The minimum absolute atomic E-state index is 0.114. The number of amides is 2. The maximum Gasteiger partial charge on any atom is 0.247 e. The fraction of sp³-hybridized carbons (Fsp3) is 0.324. The van der Waals surface area contributed by atoms with Gasteiger partial charge in [0, 0.05) is 43.1 Å². The van der Waals surface area contributed by atoms with Crippen LogP contribution in [0, 0.1) is 17.6 Å². The highest BCUT2D eigenvalue weighted by Crippen LogP contribution is 2.37. The SMILES string of the molecule is COCc1nnc(Cc2ccc3c(c2)NC(=O)[C@H](C)CCC[C@H](N2CCC(c4c(F)ccc(Cl)c4F)=CC2=O)c2cc-3ccn2)o1. The largest absolute Gasteiger partial charge is 0.422 e. The highest BCUT2D eigenvalue weighted by Gasteiger charge is 2.31. The van der Waals surface area contributed by atoms with Crippen LogP contribution in [0.25, 0.3) is 16.7 Å². The maximum atomic E-state index is 14.8. The molecule has 1 N–H and O–H groups in total.